The lowest BCUT2D eigenvalue weighted by atomic mass is 10.2. The number of ether oxygens (including phenoxy) is 1. The predicted octanol–water partition coefficient (Wildman–Crippen LogP) is 1.53. The third-order valence-corrected chi connectivity index (χ3v) is 6.67. The standard InChI is InChI=1S/C16H19N3O5S2/c1-10(14(20)17-12-7-8-26(21,22)9-12)25-16-19-18-15(24-16)11-3-5-13(23-2)6-4-11/h3-6,10,12H,7-9H2,1-2H3,(H,17,20)/t10-,12+/m0/s1. The van der Waals surface area contributed by atoms with E-state index in [1.165, 1.54) is 0 Å². The van der Waals surface area contributed by atoms with E-state index in [0.29, 0.717) is 12.3 Å². The molecule has 1 aliphatic rings. The van der Waals surface area contributed by atoms with Gasteiger partial charge < -0.3 is 14.5 Å². The Morgan fingerprint density at radius 2 is 2.08 bits per heavy atom. The minimum absolute atomic E-state index is 0.00168. The second kappa shape index (κ2) is 7.67. The first-order valence-corrected chi connectivity index (χ1v) is 10.7. The lowest BCUT2D eigenvalue weighted by Gasteiger charge is -2.14. The number of hydrogen-bond acceptors (Lipinski definition) is 8. The molecule has 1 N–H and O–H groups in total. The van der Waals surface area contributed by atoms with Crippen LogP contribution in [0.15, 0.2) is 33.9 Å². The summed E-state index contributed by atoms with van der Waals surface area (Å²) < 4.78 is 33.6. The van der Waals surface area contributed by atoms with Crippen molar-refractivity contribution in [3.8, 4) is 17.2 Å². The van der Waals surface area contributed by atoms with Crippen LogP contribution in [0.3, 0.4) is 0 Å². The molecular weight excluding hydrogens is 378 g/mol. The van der Waals surface area contributed by atoms with Gasteiger partial charge in [0.05, 0.1) is 23.9 Å². The Morgan fingerprint density at radius 3 is 2.69 bits per heavy atom. The third-order valence-electron chi connectivity index (χ3n) is 3.97. The molecule has 0 spiro atoms. The monoisotopic (exact) mass is 397 g/mol. The van der Waals surface area contributed by atoms with E-state index in [0.717, 1.165) is 23.1 Å². The lowest BCUT2D eigenvalue weighted by molar-refractivity contribution is -0.120. The van der Waals surface area contributed by atoms with Gasteiger partial charge in [-0.05, 0) is 37.6 Å². The van der Waals surface area contributed by atoms with Gasteiger partial charge >= 0.3 is 0 Å². The van der Waals surface area contributed by atoms with Gasteiger partial charge in [-0.1, -0.05) is 11.8 Å². The van der Waals surface area contributed by atoms with Crippen molar-refractivity contribution >= 4 is 27.5 Å². The van der Waals surface area contributed by atoms with E-state index in [9.17, 15) is 13.2 Å². The Kier molecular flexibility index (Phi) is 5.52. The molecule has 1 amide bonds. The predicted molar refractivity (Wildman–Crippen MR) is 96.8 cm³/mol. The SMILES string of the molecule is COc1ccc(-c2nnc(S[C@@H](C)C(=O)N[C@@H]3CCS(=O)(=O)C3)o2)cc1. The zero-order valence-corrected chi connectivity index (χ0v) is 16.0. The lowest BCUT2D eigenvalue weighted by Crippen LogP contribution is -2.39. The van der Waals surface area contributed by atoms with Gasteiger partial charge in [0.2, 0.25) is 11.8 Å². The zero-order valence-electron chi connectivity index (χ0n) is 14.3. The minimum atomic E-state index is -3.03. The Morgan fingerprint density at radius 1 is 1.35 bits per heavy atom. The van der Waals surface area contributed by atoms with E-state index in [2.05, 4.69) is 15.5 Å². The van der Waals surface area contributed by atoms with Crippen molar-refractivity contribution in [3.63, 3.8) is 0 Å². The Labute approximate surface area is 155 Å². The van der Waals surface area contributed by atoms with Crippen LogP contribution in [0.1, 0.15) is 13.3 Å². The first kappa shape index (κ1) is 18.7. The minimum Gasteiger partial charge on any atom is -0.497 e. The molecule has 0 unspecified atom stereocenters. The van der Waals surface area contributed by atoms with Gasteiger partial charge in [0.1, 0.15) is 5.75 Å². The normalized spacial score (nSPS) is 19.8. The Hall–Kier alpha value is -2.07. The summed E-state index contributed by atoms with van der Waals surface area (Å²) in [7, 11) is -1.44. The van der Waals surface area contributed by atoms with E-state index in [1.807, 2.05) is 0 Å². The number of hydrogen-bond donors (Lipinski definition) is 1. The van der Waals surface area contributed by atoms with Crippen molar-refractivity contribution in [3.05, 3.63) is 24.3 Å². The quantitative estimate of drug-likeness (QED) is 0.731. The molecule has 10 heteroatoms. The smallest absolute Gasteiger partial charge is 0.277 e. The average molecular weight is 397 g/mol. The van der Waals surface area contributed by atoms with Crippen molar-refractivity contribution in [2.45, 2.75) is 29.9 Å². The first-order chi connectivity index (χ1) is 12.4. The van der Waals surface area contributed by atoms with Crippen LogP contribution in [0.5, 0.6) is 5.75 Å². The highest BCUT2D eigenvalue weighted by atomic mass is 32.2. The van der Waals surface area contributed by atoms with Crippen LogP contribution in [0.25, 0.3) is 11.5 Å². The molecule has 1 aromatic carbocycles. The van der Waals surface area contributed by atoms with Gasteiger partial charge in [-0.25, -0.2) is 8.42 Å². The molecule has 0 bridgehead atoms. The van der Waals surface area contributed by atoms with Gasteiger partial charge in [-0.2, -0.15) is 0 Å². The molecule has 0 radical (unpaired) electrons. The van der Waals surface area contributed by atoms with E-state index in [-0.39, 0.29) is 28.7 Å². The molecule has 26 heavy (non-hydrogen) atoms. The summed E-state index contributed by atoms with van der Waals surface area (Å²) >= 11 is 1.13. The van der Waals surface area contributed by atoms with E-state index >= 15 is 0 Å². The van der Waals surface area contributed by atoms with E-state index < -0.39 is 15.1 Å². The van der Waals surface area contributed by atoms with E-state index in [4.69, 9.17) is 9.15 Å². The number of carbonyl (C=O) groups excluding carboxylic acids is 1. The van der Waals surface area contributed by atoms with Crippen LogP contribution in [0.4, 0.5) is 0 Å². The number of sulfone groups is 1. The first-order valence-electron chi connectivity index (χ1n) is 8.02. The fourth-order valence-corrected chi connectivity index (χ4v) is 4.91. The van der Waals surface area contributed by atoms with Crippen LogP contribution in [-0.4, -0.2) is 54.4 Å². The molecule has 3 rings (SSSR count). The summed E-state index contributed by atoms with van der Waals surface area (Å²) in [6.45, 7) is 1.71. The summed E-state index contributed by atoms with van der Waals surface area (Å²) in [4.78, 5) is 12.2. The number of rotatable bonds is 6. The number of nitrogens with zero attached hydrogens (tertiary/aromatic N) is 2. The molecule has 1 saturated heterocycles. The van der Waals surface area contributed by atoms with Crippen molar-refractivity contribution in [1.29, 1.82) is 0 Å². The molecular formula is C16H19N3O5S2. The largest absolute Gasteiger partial charge is 0.497 e. The van der Waals surface area contributed by atoms with Crippen molar-refractivity contribution < 1.29 is 22.4 Å². The number of nitrogens with one attached hydrogen (secondary N) is 1. The molecule has 1 aliphatic heterocycles. The Balaban J connectivity index is 1.58. The second-order valence-corrected chi connectivity index (χ2v) is 9.49. The van der Waals surface area contributed by atoms with Crippen molar-refractivity contribution in [2.24, 2.45) is 0 Å². The van der Waals surface area contributed by atoms with Crippen LogP contribution >= 0.6 is 11.8 Å². The molecule has 8 nitrogen and oxygen atoms in total. The average Bonchev–Trinajstić information content (AvgIpc) is 3.21. The molecule has 140 valence electrons. The summed E-state index contributed by atoms with van der Waals surface area (Å²) in [5, 5.41) is 10.5. The molecule has 0 aliphatic carbocycles. The van der Waals surface area contributed by atoms with Gasteiger partial charge in [0.25, 0.3) is 5.22 Å². The third kappa shape index (κ3) is 4.55. The van der Waals surface area contributed by atoms with Crippen molar-refractivity contribution in [1.82, 2.24) is 15.5 Å². The highest BCUT2D eigenvalue weighted by molar-refractivity contribution is 8.00. The number of methoxy groups -OCH3 is 1. The van der Waals surface area contributed by atoms with Crippen LogP contribution in [0.2, 0.25) is 0 Å². The number of benzene rings is 1. The number of amides is 1. The fourth-order valence-electron chi connectivity index (χ4n) is 2.54. The van der Waals surface area contributed by atoms with Crippen LogP contribution < -0.4 is 10.1 Å². The van der Waals surface area contributed by atoms with Gasteiger partial charge in [0, 0.05) is 11.6 Å². The maximum atomic E-state index is 12.2. The summed E-state index contributed by atoms with van der Waals surface area (Å²) in [5.41, 5.74) is 0.749. The highest BCUT2D eigenvalue weighted by Gasteiger charge is 2.30. The maximum absolute atomic E-state index is 12.2. The summed E-state index contributed by atoms with van der Waals surface area (Å²) in [6.07, 6.45) is 0.452. The number of thioether (sulfide) groups is 1. The van der Waals surface area contributed by atoms with Gasteiger partial charge in [-0.3, -0.25) is 4.79 Å². The number of aromatic nitrogens is 2. The van der Waals surface area contributed by atoms with Crippen molar-refractivity contribution in [2.75, 3.05) is 18.6 Å². The van der Waals surface area contributed by atoms with E-state index in [1.54, 1.807) is 38.3 Å². The summed E-state index contributed by atoms with van der Waals surface area (Å²) in [6, 6.07) is 6.86. The van der Waals surface area contributed by atoms with Crippen LogP contribution in [-0.2, 0) is 14.6 Å². The Bertz CT molecular complexity index is 880. The molecule has 2 atom stereocenters. The van der Waals surface area contributed by atoms with Gasteiger partial charge in [0.15, 0.2) is 9.84 Å². The fraction of sp³-hybridized carbons (Fsp3) is 0.438. The molecule has 2 aromatic rings. The maximum Gasteiger partial charge on any atom is 0.277 e. The second-order valence-electron chi connectivity index (χ2n) is 5.97. The molecule has 2 heterocycles. The van der Waals surface area contributed by atoms with Gasteiger partial charge in [-0.15, -0.1) is 10.2 Å². The molecule has 0 saturated carbocycles. The topological polar surface area (TPSA) is 111 Å². The molecule has 1 aromatic heterocycles. The zero-order chi connectivity index (χ0) is 18.7. The van der Waals surface area contributed by atoms with Crippen LogP contribution in [0, 0.1) is 0 Å². The molecule has 1 fully saturated rings. The number of carbonyl (C=O) groups is 1. The highest BCUT2D eigenvalue weighted by Crippen LogP contribution is 2.27. The summed E-state index contributed by atoms with van der Waals surface area (Å²) in [5.74, 6) is 0.945.